The molecule has 1 N–H and O–H groups in total. The van der Waals surface area contributed by atoms with E-state index in [9.17, 15) is 0 Å². The maximum atomic E-state index is 5.01. The summed E-state index contributed by atoms with van der Waals surface area (Å²) in [5.74, 6) is 0.873. The fourth-order valence-electron chi connectivity index (χ4n) is 8.70. The Hall–Kier alpha value is -6.42. The summed E-state index contributed by atoms with van der Waals surface area (Å²) >= 11 is 0. The van der Waals surface area contributed by atoms with Crippen molar-refractivity contribution in [1.82, 2.24) is 9.55 Å². The van der Waals surface area contributed by atoms with Crippen LogP contribution in [-0.2, 0) is 37.3 Å². The van der Waals surface area contributed by atoms with Crippen LogP contribution < -0.4 is 15.1 Å². The number of benzene rings is 7. The predicted octanol–water partition coefficient (Wildman–Crippen LogP) is 16.5. The molecule has 0 atom stereocenters. The smallest absolute Gasteiger partial charge is 0.135 e. The van der Waals surface area contributed by atoms with Crippen molar-refractivity contribution in [2.24, 2.45) is 0 Å². The number of aromatic nitrogens is 2. The number of hydrogen-bond acceptors (Lipinski definition) is 4. The summed E-state index contributed by atoms with van der Waals surface area (Å²) in [7, 11) is 4.66. The van der Waals surface area contributed by atoms with Crippen molar-refractivity contribution in [3.8, 4) is 16.9 Å². The van der Waals surface area contributed by atoms with E-state index in [1.807, 2.05) is 11.1 Å². The molecule has 0 unspecified atom stereocenters. The van der Waals surface area contributed by atoms with Gasteiger partial charge in [0.2, 0.25) is 0 Å². The van der Waals surface area contributed by atoms with E-state index < -0.39 is 0 Å². The molecule has 2 aromatic heterocycles. The molecule has 9 aromatic rings. The first-order valence-electron chi connectivity index (χ1n) is 22.6. The fraction of sp³-hybridized carbons (Fsp3) is 0.200. The first-order chi connectivity index (χ1) is 31.0. The van der Waals surface area contributed by atoms with Crippen molar-refractivity contribution in [3.63, 3.8) is 0 Å². The number of nitrogens with zero attached hydrogens (tertiary/aromatic N) is 4. The van der Waals surface area contributed by atoms with Gasteiger partial charge in [-0.05, 0) is 98.5 Å². The quantitative estimate of drug-likeness (QED) is 0.146. The monoisotopic (exact) mass is 1040 g/mol. The molecule has 0 radical (unpaired) electrons. The van der Waals surface area contributed by atoms with Gasteiger partial charge in [0.25, 0.3) is 0 Å². The number of pyridine rings is 1. The normalized spacial score (nSPS) is 12.0. The molecule has 0 aliphatic carbocycles. The Morgan fingerprint density at radius 1 is 0.561 bits per heavy atom. The summed E-state index contributed by atoms with van der Waals surface area (Å²) in [5.41, 5.74) is 14.3. The second-order valence-electron chi connectivity index (χ2n) is 20.1. The molecule has 66 heavy (non-hydrogen) atoms. The van der Waals surface area contributed by atoms with Crippen LogP contribution in [0.3, 0.4) is 0 Å². The largest absolute Gasteiger partial charge is 0.516 e. The Labute approximate surface area is 406 Å². The van der Waals surface area contributed by atoms with Gasteiger partial charge in [-0.25, -0.2) is 4.98 Å². The Morgan fingerprint density at radius 3 is 1.92 bits per heavy atom. The van der Waals surface area contributed by atoms with Gasteiger partial charge in [0.1, 0.15) is 5.82 Å². The molecular weight excluding hydrogens is 986 g/mol. The van der Waals surface area contributed by atoms with E-state index >= 15 is 0 Å². The average Bonchev–Trinajstić information content (AvgIpc) is 3.63. The van der Waals surface area contributed by atoms with Crippen LogP contribution in [0.5, 0.6) is 0 Å². The molecule has 0 aliphatic rings. The maximum absolute atomic E-state index is 5.01. The topological polar surface area (TPSA) is 36.3 Å². The molecule has 2 heterocycles. The molecule has 7 aromatic carbocycles. The number of para-hydroxylation sites is 4. The summed E-state index contributed by atoms with van der Waals surface area (Å²) in [6.07, 6.45) is 1.94. The standard InChI is InChI=1S/C60H58N5.Pt/c1-58(2,3)43-32-33-61-56(37-43)65-53-30-19-17-28-50(53)57-51(60(7,8)9)39-49(40-55(57)65)64(46-24-15-12-16-25-46)48-27-21-26-47(38-48)63(10)54-31-20-18-29-52(54)62-45-35-42(41-22-13-11-14-23-41)34-44(36-45)59(4,5)6;/h11-37,39,62H,10H2,1-9H3;/q-3;. The van der Waals surface area contributed by atoms with Crippen LogP contribution in [0.25, 0.3) is 38.8 Å². The van der Waals surface area contributed by atoms with E-state index in [0.29, 0.717) is 0 Å². The van der Waals surface area contributed by atoms with E-state index in [-0.39, 0.29) is 37.3 Å². The minimum atomic E-state index is -0.208. The van der Waals surface area contributed by atoms with Gasteiger partial charge >= 0.3 is 0 Å². The Morgan fingerprint density at radius 2 is 1.21 bits per heavy atom. The minimum Gasteiger partial charge on any atom is -0.516 e. The van der Waals surface area contributed by atoms with Gasteiger partial charge < -0.3 is 19.7 Å². The third kappa shape index (κ3) is 9.20. The Bertz CT molecular complexity index is 3150. The number of rotatable bonds is 9. The molecule has 0 fully saturated rings. The maximum Gasteiger partial charge on any atom is 0.135 e. The molecule has 0 saturated carbocycles. The summed E-state index contributed by atoms with van der Waals surface area (Å²) in [4.78, 5) is 9.25. The zero-order chi connectivity index (χ0) is 45.7. The predicted molar refractivity (Wildman–Crippen MR) is 276 cm³/mol. The Kier molecular flexibility index (Phi) is 12.6. The van der Waals surface area contributed by atoms with Crippen LogP contribution >= 0.6 is 0 Å². The van der Waals surface area contributed by atoms with Crippen molar-refractivity contribution in [2.75, 3.05) is 15.1 Å². The second-order valence-corrected chi connectivity index (χ2v) is 20.1. The zero-order valence-electron chi connectivity index (χ0n) is 39.5. The number of anilines is 7. The third-order valence-electron chi connectivity index (χ3n) is 12.3. The molecule has 9 rings (SSSR count). The zero-order valence-corrected chi connectivity index (χ0v) is 41.8. The molecule has 0 amide bonds. The van der Waals surface area contributed by atoms with E-state index in [4.69, 9.17) is 4.98 Å². The summed E-state index contributed by atoms with van der Waals surface area (Å²) in [5, 5.41) is 6.16. The van der Waals surface area contributed by atoms with Gasteiger partial charge in [0.15, 0.2) is 0 Å². The molecule has 0 spiro atoms. The first-order valence-corrected chi connectivity index (χ1v) is 22.6. The fourth-order valence-corrected chi connectivity index (χ4v) is 8.70. The van der Waals surface area contributed by atoms with E-state index in [2.05, 4.69) is 260 Å². The molecule has 6 heteroatoms. The van der Waals surface area contributed by atoms with Crippen LogP contribution in [0.4, 0.5) is 39.8 Å². The summed E-state index contributed by atoms with van der Waals surface area (Å²) in [6, 6.07) is 65.7. The van der Waals surface area contributed by atoms with E-state index in [1.54, 1.807) is 0 Å². The van der Waals surface area contributed by atoms with Gasteiger partial charge in [-0.1, -0.05) is 170 Å². The van der Waals surface area contributed by atoms with Crippen molar-refractivity contribution in [3.05, 3.63) is 206 Å². The van der Waals surface area contributed by atoms with Crippen LogP contribution in [0.2, 0.25) is 0 Å². The van der Waals surface area contributed by atoms with Gasteiger partial charge in [-0.15, -0.1) is 41.6 Å². The summed E-state index contributed by atoms with van der Waals surface area (Å²) in [6.45, 7) is 20.4. The molecule has 0 aliphatic heterocycles. The number of fused-ring (bicyclic) bond motifs is 3. The number of nitrogens with one attached hydrogen (secondary N) is 1. The van der Waals surface area contributed by atoms with Gasteiger partial charge in [0, 0.05) is 49.8 Å². The molecule has 336 valence electrons. The number of hydrogen-bond donors (Lipinski definition) is 1. The first kappa shape index (κ1) is 46.1. The van der Waals surface area contributed by atoms with Crippen LogP contribution in [0, 0.1) is 19.2 Å². The van der Waals surface area contributed by atoms with Crippen LogP contribution in [-0.4, -0.2) is 9.55 Å². The van der Waals surface area contributed by atoms with Crippen molar-refractivity contribution >= 4 is 61.6 Å². The van der Waals surface area contributed by atoms with Crippen LogP contribution in [0.15, 0.2) is 170 Å². The van der Waals surface area contributed by atoms with Crippen molar-refractivity contribution in [1.29, 1.82) is 0 Å². The molecule has 5 nitrogen and oxygen atoms in total. The van der Waals surface area contributed by atoms with E-state index in [1.165, 1.54) is 38.6 Å². The van der Waals surface area contributed by atoms with Gasteiger partial charge in [0.05, 0.1) is 5.69 Å². The third-order valence-corrected chi connectivity index (χ3v) is 12.3. The van der Waals surface area contributed by atoms with Crippen molar-refractivity contribution in [2.45, 2.75) is 78.6 Å². The molecular formula is C60H58N5Pt-3. The average molecular weight is 1040 g/mol. The summed E-state index contributed by atoms with van der Waals surface area (Å²) < 4.78 is 2.30. The SMILES string of the molecule is [CH2-]N(c1[c-]c(N(c2[c-]c3c(c(C(C)(C)C)c2)c2ccccc2n3-c2cc(C(C)(C)C)ccn2)c2ccccc2)ccc1)c1ccccc1Nc1cc(-c2ccccc2)cc(C(C)(C)C)c1.[Pt]. The second kappa shape index (κ2) is 18.1. The van der Waals surface area contributed by atoms with Crippen molar-refractivity contribution < 1.29 is 21.1 Å². The van der Waals surface area contributed by atoms with Crippen LogP contribution in [0.1, 0.15) is 79.0 Å². The van der Waals surface area contributed by atoms with Gasteiger partial charge in [-0.3, -0.25) is 7.05 Å². The molecule has 0 saturated heterocycles. The Balaban J connectivity index is 0.00000592. The van der Waals surface area contributed by atoms with E-state index in [0.717, 1.165) is 56.7 Å². The molecule has 0 bridgehead atoms. The minimum absolute atomic E-state index is 0. The van der Waals surface area contributed by atoms with Gasteiger partial charge in [-0.2, -0.15) is 6.07 Å².